The molecule has 4 heteroatoms. The Bertz CT molecular complexity index is 722. The van der Waals surface area contributed by atoms with Gasteiger partial charge in [0.15, 0.2) is 0 Å². The van der Waals surface area contributed by atoms with E-state index in [0.29, 0.717) is 11.6 Å². The highest BCUT2D eigenvalue weighted by Crippen LogP contribution is 2.26. The highest BCUT2D eigenvalue weighted by atomic mass is 16.4. The molecule has 3 rings (SSSR count). The van der Waals surface area contributed by atoms with Crippen molar-refractivity contribution in [2.75, 3.05) is 13.2 Å². The van der Waals surface area contributed by atoms with Gasteiger partial charge in [0.05, 0.1) is 0 Å². The standard InChI is InChI=1S/C19H25NO3/c1-2-14-7-8-17-15(12-19(22)23-18(17)11-14)13-20-9-3-5-16(20)6-4-10-21/h7-8,11-12,16,21H,2-6,9-10,13H2,1H3. The third-order valence-electron chi connectivity index (χ3n) is 4.87. The zero-order valence-electron chi connectivity index (χ0n) is 13.8. The van der Waals surface area contributed by atoms with Crippen LogP contribution in [-0.4, -0.2) is 29.2 Å². The highest BCUT2D eigenvalue weighted by molar-refractivity contribution is 5.80. The summed E-state index contributed by atoms with van der Waals surface area (Å²) in [6, 6.07) is 8.31. The highest BCUT2D eigenvalue weighted by Gasteiger charge is 2.24. The van der Waals surface area contributed by atoms with Crippen molar-refractivity contribution in [2.24, 2.45) is 0 Å². The van der Waals surface area contributed by atoms with Crippen molar-refractivity contribution in [3.8, 4) is 0 Å². The van der Waals surface area contributed by atoms with Gasteiger partial charge in [0.25, 0.3) is 0 Å². The lowest BCUT2D eigenvalue weighted by molar-refractivity contribution is 0.210. The van der Waals surface area contributed by atoms with Gasteiger partial charge in [0, 0.05) is 30.6 Å². The summed E-state index contributed by atoms with van der Waals surface area (Å²) in [5, 5.41) is 10.1. The van der Waals surface area contributed by atoms with Crippen molar-refractivity contribution in [2.45, 2.75) is 51.6 Å². The van der Waals surface area contributed by atoms with Gasteiger partial charge in [-0.3, -0.25) is 4.90 Å². The average Bonchev–Trinajstić information content (AvgIpc) is 2.99. The van der Waals surface area contributed by atoms with Crippen LogP contribution in [-0.2, 0) is 13.0 Å². The summed E-state index contributed by atoms with van der Waals surface area (Å²) in [7, 11) is 0. The average molecular weight is 315 g/mol. The Kier molecular flexibility index (Phi) is 5.13. The maximum Gasteiger partial charge on any atom is 0.336 e. The predicted molar refractivity (Wildman–Crippen MR) is 91.6 cm³/mol. The SMILES string of the molecule is CCc1ccc2c(CN3CCCC3CCCO)cc(=O)oc2c1. The summed E-state index contributed by atoms with van der Waals surface area (Å²) in [5.74, 6) is 0. The summed E-state index contributed by atoms with van der Waals surface area (Å²) in [4.78, 5) is 14.4. The van der Waals surface area contributed by atoms with Crippen molar-refractivity contribution >= 4 is 11.0 Å². The number of nitrogens with zero attached hydrogens (tertiary/aromatic N) is 1. The second kappa shape index (κ2) is 7.28. The largest absolute Gasteiger partial charge is 0.423 e. The van der Waals surface area contributed by atoms with Crippen molar-refractivity contribution < 1.29 is 9.52 Å². The first kappa shape index (κ1) is 16.2. The zero-order chi connectivity index (χ0) is 16.2. The van der Waals surface area contributed by atoms with Crippen molar-refractivity contribution in [3.05, 3.63) is 45.8 Å². The Hall–Kier alpha value is -1.65. The molecule has 0 saturated carbocycles. The topological polar surface area (TPSA) is 53.7 Å². The quantitative estimate of drug-likeness (QED) is 0.832. The van der Waals surface area contributed by atoms with E-state index in [0.717, 1.165) is 43.3 Å². The van der Waals surface area contributed by atoms with E-state index < -0.39 is 0 Å². The molecule has 0 bridgehead atoms. The first-order valence-electron chi connectivity index (χ1n) is 8.62. The molecule has 1 N–H and O–H groups in total. The number of rotatable bonds is 6. The maximum atomic E-state index is 11.9. The van der Waals surface area contributed by atoms with E-state index in [4.69, 9.17) is 9.52 Å². The molecule has 1 aromatic heterocycles. The molecule has 23 heavy (non-hydrogen) atoms. The molecule has 0 radical (unpaired) electrons. The Morgan fingerprint density at radius 2 is 2.22 bits per heavy atom. The molecular weight excluding hydrogens is 290 g/mol. The number of benzene rings is 1. The van der Waals surface area contributed by atoms with Gasteiger partial charge in [0.1, 0.15) is 5.58 Å². The summed E-state index contributed by atoms with van der Waals surface area (Å²) >= 11 is 0. The lowest BCUT2D eigenvalue weighted by Crippen LogP contribution is -2.29. The van der Waals surface area contributed by atoms with E-state index >= 15 is 0 Å². The van der Waals surface area contributed by atoms with E-state index in [2.05, 4.69) is 24.0 Å². The van der Waals surface area contributed by atoms with E-state index in [1.165, 1.54) is 18.4 Å². The fourth-order valence-electron chi connectivity index (χ4n) is 3.60. The molecule has 1 atom stereocenters. The van der Waals surface area contributed by atoms with Gasteiger partial charge in [-0.1, -0.05) is 19.1 Å². The second-order valence-electron chi connectivity index (χ2n) is 6.41. The van der Waals surface area contributed by atoms with Gasteiger partial charge < -0.3 is 9.52 Å². The monoisotopic (exact) mass is 315 g/mol. The molecule has 1 unspecified atom stereocenters. The predicted octanol–water partition coefficient (Wildman–Crippen LogP) is 3.09. The molecule has 1 aromatic carbocycles. The number of aliphatic hydroxyl groups is 1. The zero-order valence-corrected chi connectivity index (χ0v) is 13.8. The van der Waals surface area contributed by atoms with E-state index in [1.807, 2.05) is 6.07 Å². The van der Waals surface area contributed by atoms with Crippen molar-refractivity contribution in [3.63, 3.8) is 0 Å². The normalized spacial score (nSPS) is 18.8. The number of likely N-dealkylation sites (tertiary alicyclic amines) is 1. The molecule has 124 valence electrons. The van der Waals surface area contributed by atoms with Crippen LogP contribution in [0.25, 0.3) is 11.0 Å². The molecule has 1 aliphatic heterocycles. The molecular formula is C19H25NO3. The van der Waals surface area contributed by atoms with Crippen LogP contribution < -0.4 is 5.63 Å². The molecule has 0 amide bonds. The molecule has 0 spiro atoms. The van der Waals surface area contributed by atoms with Gasteiger partial charge in [0.2, 0.25) is 0 Å². The molecule has 4 nitrogen and oxygen atoms in total. The number of hydrogen-bond donors (Lipinski definition) is 1. The molecule has 1 fully saturated rings. The first-order chi connectivity index (χ1) is 11.2. The number of fused-ring (bicyclic) bond motifs is 1. The fourth-order valence-corrected chi connectivity index (χ4v) is 3.60. The summed E-state index contributed by atoms with van der Waals surface area (Å²) in [5.41, 5.74) is 2.65. The minimum absolute atomic E-state index is 0.252. The van der Waals surface area contributed by atoms with Gasteiger partial charge in [-0.2, -0.15) is 0 Å². The number of aliphatic hydroxyl groups excluding tert-OH is 1. The molecule has 2 aromatic rings. The molecule has 2 heterocycles. The fraction of sp³-hybridized carbons (Fsp3) is 0.526. The van der Waals surface area contributed by atoms with E-state index in [-0.39, 0.29) is 12.2 Å². The summed E-state index contributed by atoms with van der Waals surface area (Å²) in [6.07, 6.45) is 5.17. The lowest BCUT2D eigenvalue weighted by atomic mass is 10.0. The van der Waals surface area contributed by atoms with Crippen LogP contribution in [0.1, 0.15) is 43.7 Å². The van der Waals surface area contributed by atoms with Crippen LogP contribution in [0.3, 0.4) is 0 Å². The van der Waals surface area contributed by atoms with Crippen LogP contribution in [0, 0.1) is 0 Å². The van der Waals surface area contributed by atoms with Crippen molar-refractivity contribution in [1.82, 2.24) is 4.90 Å². The first-order valence-corrected chi connectivity index (χ1v) is 8.62. The number of hydrogen-bond acceptors (Lipinski definition) is 4. The Morgan fingerprint density at radius 1 is 1.35 bits per heavy atom. The van der Waals surface area contributed by atoms with Crippen LogP contribution in [0.15, 0.2) is 33.5 Å². The Labute approximate surface area is 136 Å². The second-order valence-corrected chi connectivity index (χ2v) is 6.41. The third kappa shape index (κ3) is 3.65. The summed E-state index contributed by atoms with van der Waals surface area (Å²) in [6.45, 7) is 4.19. The Morgan fingerprint density at radius 3 is 3.00 bits per heavy atom. The minimum atomic E-state index is -0.271. The Balaban J connectivity index is 1.88. The smallest absolute Gasteiger partial charge is 0.336 e. The van der Waals surface area contributed by atoms with Crippen LogP contribution >= 0.6 is 0 Å². The molecule has 0 aliphatic carbocycles. The van der Waals surface area contributed by atoms with Crippen LogP contribution in [0.4, 0.5) is 0 Å². The third-order valence-corrected chi connectivity index (χ3v) is 4.87. The van der Waals surface area contributed by atoms with E-state index in [1.54, 1.807) is 6.07 Å². The molecule has 1 saturated heterocycles. The molecule has 1 aliphatic rings. The van der Waals surface area contributed by atoms with Crippen LogP contribution in [0.5, 0.6) is 0 Å². The van der Waals surface area contributed by atoms with Gasteiger partial charge >= 0.3 is 5.63 Å². The van der Waals surface area contributed by atoms with E-state index in [9.17, 15) is 4.79 Å². The lowest BCUT2D eigenvalue weighted by Gasteiger charge is -2.24. The minimum Gasteiger partial charge on any atom is -0.423 e. The van der Waals surface area contributed by atoms with Crippen molar-refractivity contribution in [1.29, 1.82) is 0 Å². The van der Waals surface area contributed by atoms with Gasteiger partial charge in [-0.15, -0.1) is 0 Å². The van der Waals surface area contributed by atoms with Crippen LogP contribution in [0.2, 0.25) is 0 Å². The van der Waals surface area contributed by atoms with Gasteiger partial charge in [-0.05, 0) is 55.8 Å². The maximum absolute atomic E-state index is 11.9. The van der Waals surface area contributed by atoms with Gasteiger partial charge in [-0.25, -0.2) is 4.79 Å². The summed E-state index contributed by atoms with van der Waals surface area (Å²) < 4.78 is 5.39. The number of aryl methyl sites for hydroxylation is 1.